The number of primary amides is 1. The highest BCUT2D eigenvalue weighted by Crippen LogP contribution is 2.67. The largest absolute Gasteiger partial charge is 0.350 e. The monoisotopic (exact) mass is 467 g/mol. The normalized spacial score (nSPS) is 40.4. The van der Waals surface area contributed by atoms with Crippen LogP contribution in [-0.2, 0) is 0 Å². The molecule has 2 amide bonds. The molecule has 34 heavy (non-hydrogen) atoms. The van der Waals surface area contributed by atoms with Crippen LogP contribution in [0.1, 0.15) is 99.3 Å². The van der Waals surface area contributed by atoms with Crippen molar-refractivity contribution in [2.45, 2.75) is 99.3 Å². The molecule has 0 aromatic heterocycles. The quantitative estimate of drug-likeness (QED) is 0.309. The number of carbonyl (C=O) groups excluding carboxylic acids is 1. The van der Waals surface area contributed by atoms with E-state index in [1.165, 1.54) is 38.5 Å². The molecule has 4 aliphatic carbocycles. The van der Waals surface area contributed by atoms with Gasteiger partial charge in [-0.25, -0.2) is 10.2 Å². The van der Waals surface area contributed by atoms with E-state index in [4.69, 9.17) is 5.73 Å². The van der Waals surface area contributed by atoms with Gasteiger partial charge in [-0.2, -0.15) is 5.10 Å². The van der Waals surface area contributed by atoms with Gasteiger partial charge in [-0.05, 0) is 104 Å². The molecule has 3 fully saturated rings. The van der Waals surface area contributed by atoms with Crippen molar-refractivity contribution in [1.82, 2.24) is 5.43 Å². The number of hydrogen-bond acceptors (Lipinski definition) is 2. The molecule has 3 N–H and O–H groups in total. The first-order chi connectivity index (χ1) is 16.1. The number of hydrazone groups is 1. The van der Waals surface area contributed by atoms with Crippen molar-refractivity contribution in [2.75, 3.05) is 0 Å². The van der Waals surface area contributed by atoms with Crippen LogP contribution in [-0.4, -0.2) is 11.7 Å². The van der Waals surface area contributed by atoms with E-state index in [1.807, 2.05) is 0 Å². The van der Waals surface area contributed by atoms with E-state index in [-0.39, 0.29) is 0 Å². The van der Waals surface area contributed by atoms with Crippen LogP contribution in [0, 0.1) is 52.3 Å². The standard InChI is InChI=1S/C30H49N3O/c1-7-21(19(2)3)9-8-20(4)25-12-13-26-24-11-10-22-18-23(32-33-28(31)34)14-16-29(22,5)27(24)15-17-30(25,26)6/h8-10,19-21,24-27H,7,11-18H2,1-6H3,(H3,31,33,34)/b9-8-,32-23-/t20-,21+,24+,25-,26+,27+,29+,30-/m1/s1. The third-order valence-corrected chi connectivity index (χ3v) is 11.0. The third-order valence-electron chi connectivity index (χ3n) is 11.0. The van der Waals surface area contributed by atoms with Crippen molar-refractivity contribution < 1.29 is 4.79 Å². The molecule has 0 aromatic carbocycles. The second-order valence-electron chi connectivity index (χ2n) is 12.9. The summed E-state index contributed by atoms with van der Waals surface area (Å²) in [7, 11) is 0. The Morgan fingerprint density at radius 2 is 1.94 bits per heavy atom. The van der Waals surface area contributed by atoms with Gasteiger partial charge in [0.2, 0.25) is 0 Å². The molecule has 4 rings (SSSR count). The molecule has 0 bridgehead atoms. The van der Waals surface area contributed by atoms with Gasteiger partial charge in [-0.15, -0.1) is 0 Å². The van der Waals surface area contributed by atoms with Crippen LogP contribution in [0.15, 0.2) is 28.9 Å². The van der Waals surface area contributed by atoms with Crippen LogP contribution in [0.2, 0.25) is 0 Å². The Hall–Kier alpha value is -1.58. The maximum absolute atomic E-state index is 11.1. The van der Waals surface area contributed by atoms with E-state index in [2.05, 4.69) is 70.3 Å². The van der Waals surface area contributed by atoms with Gasteiger partial charge in [0.25, 0.3) is 0 Å². The molecule has 8 atom stereocenters. The van der Waals surface area contributed by atoms with Crippen molar-refractivity contribution in [3.8, 4) is 0 Å². The van der Waals surface area contributed by atoms with Gasteiger partial charge in [0.15, 0.2) is 0 Å². The lowest BCUT2D eigenvalue weighted by atomic mass is 9.47. The summed E-state index contributed by atoms with van der Waals surface area (Å²) in [5.74, 6) is 5.43. The van der Waals surface area contributed by atoms with Gasteiger partial charge in [0, 0.05) is 12.1 Å². The topological polar surface area (TPSA) is 67.5 Å². The molecule has 0 aliphatic heterocycles. The molecule has 0 aromatic rings. The predicted molar refractivity (Wildman–Crippen MR) is 142 cm³/mol. The Morgan fingerprint density at radius 3 is 2.62 bits per heavy atom. The first kappa shape index (κ1) is 25.5. The van der Waals surface area contributed by atoms with Gasteiger partial charge in [0.1, 0.15) is 0 Å². The van der Waals surface area contributed by atoms with Crippen molar-refractivity contribution in [1.29, 1.82) is 0 Å². The lowest BCUT2D eigenvalue weighted by Crippen LogP contribution is -2.50. The molecule has 4 heteroatoms. The summed E-state index contributed by atoms with van der Waals surface area (Å²) in [4.78, 5) is 11.1. The minimum atomic E-state index is -0.570. The summed E-state index contributed by atoms with van der Waals surface area (Å²) >= 11 is 0. The number of hydrogen-bond donors (Lipinski definition) is 2. The summed E-state index contributed by atoms with van der Waals surface area (Å²) in [6.07, 6.45) is 18.8. The number of fused-ring (bicyclic) bond motifs is 5. The Bertz CT molecular complexity index is 857. The molecule has 0 unspecified atom stereocenters. The highest BCUT2D eigenvalue weighted by atomic mass is 16.2. The van der Waals surface area contributed by atoms with Crippen molar-refractivity contribution in [3.63, 3.8) is 0 Å². The first-order valence-electron chi connectivity index (χ1n) is 14.1. The van der Waals surface area contributed by atoms with Crippen LogP contribution in [0.4, 0.5) is 4.79 Å². The maximum Gasteiger partial charge on any atom is 0.332 e. The van der Waals surface area contributed by atoms with Crippen molar-refractivity contribution in [3.05, 3.63) is 23.8 Å². The zero-order chi connectivity index (χ0) is 24.7. The van der Waals surface area contributed by atoms with E-state index in [0.717, 1.165) is 54.6 Å². The van der Waals surface area contributed by atoms with Gasteiger partial charge in [-0.3, -0.25) is 0 Å². The lowest BCUT2D eigenvalue weighted by Gasteiger charge is -2.58. The number of rotatable bonds is 6. The zero-order valence-corrected chi connectivity index (χ0v) is 22.6. The van der Waals surface area contributed by atoms with Gasteiger partial charge in [-0.1, -0.05) is 65.3 Å². The van der Waals surface area contributed by atoms with E-state index in [9.17, 15) is 4.79 Å². The number of urea groups is 1. The van der Waals surface area contributed by atoms with Gasteiger partial charge >= 0.3 is 6.03 Å². The number of nitrogens with zero attached hydrogens (tertiary/aromatic N) is 1. The summed E-state index contributed by atoms with van der Waals surface area (Å²) in [6.45, 7) is 14.7. The number of nitrogens with two attached hydrogens (primary N) is 1. The molecule has 4 nitrogen and oxygen atoms in total. The minimum Gasteiger partial charge on any atom is -0.350 e. The van der Waals surface area contributed by atoms with E-state index in [1.54, 1.807) is 5.57 Å². The summed E-state index contributed by atoms with van der Waals surface area (Å²) in [5.41, 5.74) is 11.1. The van der Waals surface area contributed by atoms with Crippen LogP contribution in [0.5, 0.6) is 0 Å². The fourth-order valence-corrected chi connectivity index (χ4v) is 8.90. The molecule has 0 saturated heterocycles. The highest BCUT2D eigenvalue weighted by Gasteiger charge is 2.58. The maximum atomic E-state index is 11.1. The number of nitrogens with one attached hydrogen (secondary N) is 1. The molecule has 0 spiro atoms. The molecule has 3 saturated carbocycles. The average molecular weight is 468 g/mol. The fraction of sp³-hybridized carbons (Fsp3) is 0.800. The predicted octanol–water partition coefficient (Wildman–Crippen LogP) is 7.46. The van der Waals surface area contributed by atoms with E-state index >= 15 is 0 Å². The Balaban J connectivity index is 1.50. The molecular weight excluding hydrogens is 418 g/mol. The SMILES string of the molecule is CC[C@@H](/C=C\[C@@H](C)[C@H]1CC[C@H]2[C@@H]3CC=C4C/C(=N\NC(N)=O)CC[C@]4(C)[C@H]3CC[C@]12C)C(C)C. The first-order valence-corrected chi connectivity index (χ1v) is 14.1. The van der Waals surface area contributed by atoms with Crippen LogP contribution in [0.25, 0.3) is 0 Å². The second-order valence-corrected chi connectivity index (χ2v) is 12.9. The molecule has 0 radical (unpaired) electrons. The zero-order valence-electron chi connectivity index (χ0n) is 22.6. The molecule has 190 valence electrons. The van der Waals surface area contributed by atoms with Gasteiger partial charge < -0.3 is 5.73 Å². The van der Waals surface area contributed by atoms with Crippen molar-refractivity contribution >= 4 is 11.7 Å². The Kier molecular flexibility index (Phi) is 7.37. The average Bonchev–Trinajstić information content (AvgIpc) is 3.15. The third kappa shape index (κ3) is 4.51. The second kappa shape index (κ2) is 9.82. The molecule has 4 aliphatic rings. The molecule has 0 heterocycles. The van der Waals surface area contributed by atoms with Crippen LogP contribution < -0.4 is 11.2 Å². The summed E-state index contributed by atoms with van der Waals surface area (Å²) in [6, 6.07) is -0.570. The summed E-state index contributed by atoms with van der Waals surface area (Å²) < 4.78 is 0. The fourth-order valence-electron chi connectivity index (χ4n) is 8.90. The lowest BCUT2D eigenvalue weighted by molar-refractivity contribution is -0.0428. The smallest absolute Gasteiger partial charge is 0.332 e. The Labute approximate surface area is 208 Å². The molecular formula is C30H49N3O. The number of amides is 2. The highest BCUT2D eigenvalue weighted by molar-refractivity contribution is 5.89. The Morgan fingerprint density at radius 1 is 1.18 bits per heavy atom. The minimum absolute atomic E-state index is 0.297. The number of carbonyl (C=O) groups is 1. The van der Waals surface area contributed by atoms with Crippen LogP contribution in [0.3, 0.4) is 0 Å². The van der Waals surface area contributed by atoms with Gasteiger partial charge in [0.05, 0.1) is 0 Å². The van der Waals surface area contributed by atoms with Crippen LogP contribution >= 0.6 is 0 Å². The van der Waals surface area contributed by atoms with E-state index in [0.29, 0.717) is 22.7 Å². The summed E-state index contributed by atoms with van der Waals surface area (Å²) in [5, 5.41) is 4.29. The van der Waals surface area contributed by atoms with Crippen molar-refractivity contribution in [2.24, 2.45) is 63.1 Å². The number of allylic oxidation sites excluding steroid dienone is 4. The van der Waals surface area contributed by atoms with E-state index < -0.39 is 6.03 Å².